The minimum absolute atomic E-state index is 0.304. The van der Waals surface area contributed by atoms with E-state index >= 15 is 0 Å². The lowest BCUT2D eigenvalue weighted by atomic mass is 10.0. The zero-order valence-corrected chi connectivity index (χ0v) is 9.88. The Balaban J connectivity index is 2.02. The summed E-state index contributed by atoms with van der Waals surface area (Å²) in [5, 5.41) is 10.5. The van der Waals surface area contributed by atoms with Crippen LogP contribution in [0.2, 0.25) is 0 Å². The van der Waals surface area contributed by atoms with Crippen LogP contribution in [0, 0.1) is 0 Å². The summed E-state index contributed by atoms with van der Waals surface area (Å²) in [5.41, 5.74) is 3.46. The van der Waals surface area contributed by atoms with Gasteiger partial charge in [0, 0.05) is 11.6 Å². The summed E-state index contributed by atoms with van der Waals surface area (Å²) >= 11 is 0. The fraction of sp³-hybridized carbons (Fsp3) is 0.0625. The third-order valence-corrected chi connectivity index (χ3v) is 3.07. The largest absolute Gasteiger partial charge is 0.508 e. The molecule has 0 unspecified atom stereocenters. The molecule has 2 nitrogen and oxygen atoms in total. The number of pyridine rings is 1. The van der Waals surface area contributed by atoms with Crippen molar-refractivity contribution in [3.8, 4) is 5.75 Å². The average molecular weight is 235 g/mol. The number of hydrogen-bond acceptors (Lipinski definition) is 2. The number of fused-ring (bicyclic) bond motifs is 1. The van der Waals surface area contributed by atoms with Gasteiger partial charge in [0.05, 0.1) is 5.52 Å². The van der Waals surface area contributed by atoms with Crippen molar-refractivity contribution in [2.45, 2.75) is 6.42 Å². The highest BCUT2D eigenvalue weighted by molar-refractivity contribution is 5.82. The molecule has 0 spiro atoms. The van der Waals surface area contributed by atoms with E-state index in [0.29, 0.717) is 5.75 Å². The number of hydrogen-bond donors (Lipinski definition) is 1. The second-order valence-electron chi connectivity index (χ2n) is 4.33. The maximum atomic E-state index is 9.28. The molecule has 0 radical (unpaired) electrons. The van der Waals surface area contributed by atoms with E-state index in [1.165, 1.54) is 16.5 Å². The maximum absolute atomic E-state index is 9.28. The first-order chi connectivity index (χ1) is 8.83. The van der Waals surface area contributed by atoms with Crippen molar-refractivity contribution in [2.75, 3.05) is 0 Å². The summed E-state index contributed by atoms with van der Waals surface area (Å²) in [6.07, 6.45) is 2.70. The molecule has 18 heavy (non-hydrogen) atoms. The van der Waals surface area contributed by atoms with Gasteiger partial charge in [-0.05, 0) is 41.8 Å². The van der Waals surface area contributed by atoms with Crippen molar-refractivity contribution in [1.29, 1.82) is 0 Å². The number of para-hydroxylation sites is 1. The third kappa shape index (κ3) is 2.05. The molecule has 2 aromatic carbocycles. The molecule has 0 aliphatic rings. The van der Waals surface area contributed by atoms with Crippen LogP contribution in [0.1, 0.15) is 11.1 Å². The minimum atomic E-state index is 0.304. The van der Waals surface area contributed by atoms with E-state index < -0.39 is 0 Å². The highest BCUT2D eigenvalue weighted by Crippen LogP contribution is 2.20. The first kappa shape index (κ1) is 10.8. The lowest BCUT2D eigenvalue weighted by Crippen LogP contribution is -1.90. The van der Waals surface area contributed by atoms with Crippen molar-refractivity contribution >= 4 is 10.9 Å². The van der Waals surface area contributed by atoms with E-state index in [0.717, 1.165) is 11.9 Å². The van der Waals surface area contributed by atoms with Gasteiger partial charge in [0.25, 0.3) is 0 Å². The highest BCUT2D eigenvalue weighted by atomic mass is 16.3. The molecular weight excluding hydrogens is 222 g/mol. The fourth-order valence-corrected chi connectivity index (χ4v) is 2.14. The van der Waals surface area contributed by atoms with E-state index in [1.807, 2.05) is 36.5 Å². The zero-order chi connectivity index (χ0) is 12.4. The number of phenolic OH excluding ortho intramolecular Hbond substituents is 1. The molecule has 0 saturated carbocycles. The van der Waals surface area contributed by atoms with E-state index in [9.17, 15) is 5.11 Å². The van der Waals surface area contributed by atoms with Gasteiger partial charge in [-0.2, -0.15) is 0 Å². The molecular formula is C16H13NO. The van der Waals surface area contributed by atoms with E-state index in [2.05, 4.69) is 17.1 Å². The summed E-state index contributed by atoms with van der Waals surface area (Å²) in [7, 11) is 0. The van der Waals surface area contributed by atoms with Gasteiger partial charge in [0.15, 0.2) is 0 Å². The van der Waals surface area contributed by atoms with E-state index in [4.69, 9.17) is 0 Å². The van der Waals surface area contributed by atoms with Gasteiger partial charge in [0.1, 0.15) is 5.75 Å². The second kappa shape index (κ2) is 4.49. The summed E-state index contributed by atoms with van der Waals surface area (Å²) in [5.74, 6) is 0.304. The second-order valence-corrected chi connectivity index (χ2v) is 4.33. The van der Waals surface area contributed by atoms with E-state index in [-0.39, 0.29) is 0 Å². The molecule has 0 aliphatic heterocycles. The lowest BCUT2D eigenvalue weighted by molar-refractivity contribution is 0.475. The zero-order valence-electron chi connectivity index (χ0n) is 9.88. The van der Waals surface area contributed by atoms with Crippen LogP contribution < -0.4 is 0 Å². The van der Waals surface area contributed by atoms with Crippen molar-refractivity contribution in [3.05, 3.63) is 71.9 Å². The Morgan fingerprint density at radius 2 is 1.67 bits per heavy atom. The van der Waals surface area contributed by atoms with Crippen LogP contribution in [0.5, 0.6) is 5.75 Å². The molecule has 0 aliphatic carbocycles. The third-order valence-electron chi connectivity index (χ3n) is 3.07. The number of aromatic hydroxyl groups is 1. The van der Waals surface area contributed by atoms with Gasteiger partial charge in [-0.15, -0.1) is 0 Å². The predicted molar refractivity (Wildman–Crippen MR) is 72.7 cm³/mol. The van der Waals surface area contributed by atoms with Crippen molar-refractivity contribution < 1.29 is 5.11 Å². The first-order valence-electron chi connectivity index (χ1n) is 5.93. The van der Waals surface area contributed by atoms with Crippen LogP contribution in [0.3, 0.4) is 0 Å². The van der Waals surface area contributed by atoms with Gasteiger partial charge in [-0.25, -0.2) is 0 Å². The van der Waals surface area contributed by atoms with Gasteiger partial charge in [0.2, 0.25) is 0 Å². The predicted octanol–water partition coefficient (Wildman–Crippen LogP) is 3.53. The standard InChI is InChI=1S/C16H13NO/c18-14-7-5-12(6-8-14)11-13-9-10-17-16-4-2-1-3-15(13)16/h1-10,18H,11H2. The van der Waals surface area contributed by atoms with Crippen molar-refractivity contribution in [3.63, 3.8) is 0 Å². The summed E-state index contributed by atoms with van der Waals surface area (Å²) < 4.78 is 0. The Kier molecular flexibility index (Phi) is 2.69. The van der Waals surface area contributed by atoms with Crippen molar-refractivity contribution in [1.82, 2.24) is 4.98 Å². The first-order valence-corrected chi connectivity index (χ1v) is 5.93. The molecule has 0 bridgehead atoms. The number of rotatable bonds is 2. The maximum Gasteiger partial charge on any atom is 0.115 e. The van der Waals surface area contributed by atoms with Gasteiger partial charge >= 0.3 is 0 Å². The molecule has 1 N–H and O–H groups in total. The fourth-order valence-electron chi connectivity index (χ4n) is 2.14. The molecule has 88 valence electrons. The average Bonchev–Trinajstić information content (AvgIpc) is 2.42. The van der Waals surface area contributed by atoms with E-state index in [1.54, 1.807) is 12.1 Å². The lowest BCUT2D eigenvalue weighted by Gasteiger charge is -2.06. The molecule has 1 aromatic heterocycles. The number of phenols is 1. The van der Waals surface area contributed by atoms with Crippen LogP contribution in [0.15, 0.2) is 60.8 Å². The Bertz CT molecular complexity index is 669. The monoisotopic (exact) mass is 235 g/mol. The molecule has 3 rings (SSSR count). The molecule has 0 saturated heterocycles. The number of nitrogens with zero attached hydrogens (tertiary/aromatic N) is 1. The van der Waals surface area contributed by atoms with Crippen LogP contribution in [-0.4, -0.2) is 10.1 Å². The summed E-state index contributed by atoms with van der Waals surface area (Å²) in [6.45, 7) is 0. The van der Waals surface area contributed by atoms with Crippen LogP contribution in [0.25, 0.3) is 10.9 Å². The molecule has 1 heterocycles. The van der Waals surface area contributed by atoms with Crippen LogP contribution in [-0.2, 0) is 6.42 Å². The quantitative estimate of drug-likeness (QED) is 0.737. The summed E-state index contributed by atoms with van der Waals surface area (Å²) in [6, 6.07) is 17.5. The number of aromatic nitrogens is 1. The Hall–Kier alpha value is -2.35. The van der Waals surface area contributed by atoms with Crippen molar-refractivity contribution in [2.24, 2.45) is 0 Å². The van der Waals surface area contributed by atoms with Gasteiger partial charge in [-0.1, -0.05) is 30.3 Å². The van der Waals surface area contributed by atoms with Gasteiger partial charge < -0.3 is 5.11 Å². The smallest absolute Gasteiger partial charge is 0.115 e. The van der Waals surface area contributed by atoms with Crippen LogP contribution >= 0.6 is 0 Å². The molecule has 0 amide bonds. The molecule has 0 atom stereocenters. The van der Waals surface area contributed by atoms with Crippen LogP contribution in [0.4, 0.5) is 0 Å². The Morgan fingerprint density at radius 3 is 2.50 bits per heavy atom. The minimum Gasteiger partial charge on any atom is -0.508 e. The Labute approximate surface area is 106 Å². The van der Waals surface area contributed by atoms with Gasteiger partial charge in [-0.3, -0.25) is 4.98 Å². The number of benzene rings is 2. The molecule has 3 aromatic rings. The summed E-state index contributed by atoms with van der Waals surface area (Å²) in [4.78, 5) is 4.36. The normalized spacial score (nSPS) is 10.7. The topological polar surface area (TPSA) is 33.1 Å². The highest BCUT2D eigenvalue weighted by Gasteiger charge is 2.02. The SMILES string of the molecule is Oc1ccc(Cc2ccnc3ccccc23)cc1. The molecule has 2 heteroatoms. The Morgan fingerprint density at radius 1 is 0.889 bits per heavy atom. The molecule has 0 fully saturated rings.